The van der Waals surface area contributed by atoms with E-state index in [9.17, 15) is 13.2 Å². The molecule has 3 unspecified atom stereocenters. The van der Waals surface area contributed by atoms with Crippen LogP contribution < -0.4 is 0 Å². The molecule has 4 heteroatoms. The summed E-state index contributed by atoms with van der Waals surface area (Å²) in [7, 11) is 0. The zero-order chi connectivity index (χ0) is 16.3. The smallest absolute Gasteiger partial charge is 0.371 e. The van der Waals surface area contributed by atoms with Gasteiger partial charge >= 0.3 is 6.18 Å². The topological polar surface area (TPSA) is 9.23 Å². The Morgan fingerprint density at radius 2 is 2.05 bits per heavy atom. The lowest BCUT2D eigenvalue weighted by molar-refractivity contribution is -0.184. The van der Waals surface area contributed by atoms with Crippen molar-refractivity contribution in [3.63, 3.8) is 0 Å². The van der Waals surface area contributed by atoms with Crippen molar-refractivity contribution in [1.29, 1.82) is 0 Å². The molecule has 1 nitrogen and oxygen atoms in total. The Kier molecular flexibility index (Phi) is 5.76. The molecule has 0 heterocycles. The van der Waals surface area contributed by atoms with Gasteiger partial charge in [-0.05, 0) is 44.4 Å². The van der Waals surface area contributed by atoms with Crippen LogP contribution in [0.15, 0.2) is 23.3 Å². The third-order valence-electron chi connectivity index (χ3n) is 4.91. The Morgan fingerprint density at radius 3 is 2.64 bits per heavy atom. The second-order valence-electron chi connectivity index (χ2n) is 6.81. The van der Waals surface area contributed by atoms with Gasteiger partial charge in [0.25, 0.3) is 0 Å². The predicted molar refractivity (Wildman–Crippen MR) is 82.6 cm³/mol. The van der Waals surface area contributed by atoms with E-state index in [1.807, 2.05) is 6.08 Å². The molecule has 2 rings (SSSR count). The first-order chi connectivity index (χ1) is 10.3. The van der Waals surface area contributed by atoms with Gasteiger partial charge in [0.15, 0.2) is 0 Å². The van der Waals surface area contributed by atoms with Gasteiger partial charge in [0.2, 0.25) is 0 Å². The lowest BCUT2D eigenvalue weighted by Gasteiger charge is -2.33. The lowest BCUT2D eigenvalue weighted by atomic mass is 9.82. The van der Waals surface area contributed by atoms with Crippen molar-refractivity contribution in [3.8, 4) is 0 Å². The maximum Gasteiger partial charge on any atom is 0.392 e. The highest BCUT2D eigenvalue weighted by Gasteiger charge is 2.41. The first-order valence-electron chi connectivity index (χ1n) is 8.40. The normalized spacial score (nSPS) is 30.2. The molecule has 0 N–H and O–H groups in total. The molecule has 0 aromatic rings. The van der Waals surface area contributed by atoms with Gasteiger partial charge in [0, 0.05) is 0 Å². The zero-order valence-electron chi connectivity index (χ0n) is 13.7. The van der Waals surface area contributed by atoms with Gasteiger partial charge in [-0.15, -0.1) is 0 Å². The summed E-state index contributed by atoms with van der Waals surface area (Å²) < 4.78 is 44.6. The zero-order valence-corrected chi connectivity index (χ0v) is 13.7. The minimum Gasteiger partial charge on any atom is -0.371 e. The Hall–Kier alpha value is -0.770. The number of ether oxygens (including phenoxy) is 1. The molecule has 0 aromatic heterocycles. The summed E-state index contributed by atoms with van der Waals surface area (Å²) in [5.41, 5.74) is 2.97. The van der Waals surface area contributed by atoms with Gasteiger partial charge in [-0.1, -0.05) is 44.1 Å². The summed E-state index contributed by atoms with van der Waals surface area (Å²) >= 11 is 0. The molecule has 3 atom stereocenters. The molecular weight excluding hydrogens is 289 g/mol. The molecule has 0 radical (unpaired) electrons. The minimum atomic E-state index is -4.11. The largest absolute Gasteiger partial charge is 0.392 e. The van der Waals surface area contributed by atoms with Gasteiger partial charge in [-0.2, -0.15) is 13.2 Å². The van der Waals surface area contributed by atoms with E-state index < -0.39 is 12.1 Å². The van der Waals surface area contributed by atoms with Gasteiger partial charge < -0.3 is 4.74 Å². The van der Waals surface area contributed by atoms with Crippen molar-refractivity contribution in [2.24, 2.45) is 11.8 Å². The van der Waals surface area contributed by atoms with E-state index in [4.69, 9.17) is 4.74 Å². The number of hydrogen-bond acceptors (Lipinski definition) is 1. The van der Waals surface area contributed by atoms with Crippen molar-refractivity contribution in [3.05, 3.63) is 23.3 Å². The SMILES string of the molecule is CCC1=C(C(C)C)CCC(OC2C=CCC(C(F)(F)F)C2)C1. The summed E-state index contributed by atoms with van der Waals surface area (Å²) in [6, 6.07) is 0. The average Bonchev–Trinajstić information content (AvgIpc) is 2.46. The number of allylic oxidation sites excluding steroid dienone is 2. The Labute approximate surface area is 131 Å². The van der Waals surface area contributed by atoms with Crippen LogP contribution in [0, 0.1) is 11.8 Å². The van der Waals surface area contributed by atoms with Crippen LogP contribution in [0.25, 0.3) is 0 Å². The Morgan fingerprint density at radius 1 is 1.32 bits per heavy atom. The molecule has 2 aliphatic rings. The van der Waals surface area contributed by atoms with E-state index in [1.54, 1.807) is 6.08 Å². The molecule has 2 aliphatic carbocycles. The Balaban J connectivity index is 1.95. The number of rotatable bonds is 4. The molecular formula is C18H27F3O. The van der Waals surface area contributed by atoms with Crippen molar-refractivity contribution >= 4 is 0 Å². The fourth-order valence-electron chi connectivity index (χ4n) is 3.65. The number of halogens is 3. The average molecular weight is 316 g/mol. The fourth-order valence-corrected chi connectivity index (χ4v) is 3.65. The summed E-state index contributed by atoms with van der Waals surface area (Å²) in [6.45, 7) is 6.58. The molecule has 0 aliphatic heterocycles. The van der Waals surface area contributed by atoms with E-state index >= 15 is 0 Å². The highest BCUT2D eigenvalue weighted by Crippen LogP contribution is 2.38. The minimum absolute atomic E-state index is 0.0682. The fraction of sp³-hybridized carbons (Fsp3) is 0.778. The summed E-state index contributed by atoms with van der Waals surface area (Å²) in [5, 5.41) is 0. The maximum atomic E-state index is 12.9. The molecule has 0 bridgehead atoms. The van der Waals surface area contributed by atoms with Crippen molar-refractivity contribution in [2.75, 3.05) is 0 Å². The van der Waals surface area contributed by atoms with E-state index in [0.717, 1.165) is 25.7 Å². The van der Waals surface area contributed by atoms with E-state index in [-0.39, 0.29) is 25.0 Å². The first-order valence-corrected chi connectivity index (χ1v) is 8.40. The van der Waals surface area contributed by atoms with Crippen molar-refractivity contribution in [1.82, 2.24) is 0 Å². The quantitative estimate of drug-likeness (QED) is 0.594. The van der Waals surface area contributed by atoms with Gasteiger partial charge in [0.1, 0.15) is 0 Å². The number of alkyl halides is 3. The van der Waals surface area contributed by atoms with Gasteiger partial charge in [0.05, 0.1) is 18.1 Å². The molecule has 0 aromatic carbocycles. The summed E-state index contributed by atoms with van der Waals surface area (Å²) in [5.74, 6) is -0.696. The van der Waals surface area contributed by atoms with Crippen LogP contribution in [0.4, 0.5) is 13.2 Å². The van der Waals surface area contributed by atoms with Crippen LogP contribution in [-0.2, 0) is 4.74 Å². The highest BCUT2D eigenvalue weighted by atomic mass is 19.4. The molecule has 126 valence electrons. The standard InChI is InChI=1S/C18H27F3O/c1-4-13-10-16(8-9-17(13)12(2)3)22-15-7-5-6-14(11-15)18(19,20)21/h5,7,12,14-16H,4,6,8-11H2,1-3H3. The van der Waals surface area contributed by atoms with Gasteiger partial charge in [-0.3, -0.25) is 0 Å². The van der Waals surface area contributed by atoms with Crippen LogP contribution in [0.3, 0.4) is 0 Å². The Bertz CT molecular complexity index is 434. The third-order valence-corrected chi connectivity index (χ3v) is 4.91. The van der Waals surface area contributed by atoms with E-state index in [0.29, 0.717) is 5.92 Å². The van der Waals surface area contributed by atoms with Crippen LogP contribution in [0.5, 0.6) is 0 Å². The molecule has 0 saturated carbocycles. The summed E-state index contributed by atoms with van der Waals surface area (Å²) in [4.78, 5) is 0. The highest BCUT2D eigenvalue weighted by molar-refractivity contribution is 5.20. The second kappa shape index (κ2) is 7.20. The third kappa shape index (κ3) is 4.37. The van der Waals surface area contributed by atoms with E-state index in [2.05, 4.69) is 20.8 Å². The lowest BCUT2D eigenvalue weighted by Crippen LogP contribution is -2.33. The van der Waals surface area contributed by atoms with Crippen molar-refractivity contribution < 1.29 is 17.9 Å². The predicted octanol–water partition coefficient (Wildman–Crippen LogP) is 5.82. The summed E-state index contributed by atoms with van der Waals surface area (Å²) in [6.07, 6.45) is 3.01. The van der Waals surface area contributed by atoms with Crippen molar-refractivity contribution in [2.45, 2.75) is 77.7 Å². The maximum absolute atomic E-state index is 12.9. The first kappa shape index (κ1) is 17.6. The molecule has 0 amide bonds. The van der Waals surface area contributed by atoms with Crippen LogP contribution in [0.1, 0.15) is 59.3 Å². The second-order valence-corrected chi connectivity index (χ2v) is 6.81. The number of hydrogen-bond donors (Lipinski definition) is 0. The molecule has 0 spiro atoms. The van der Waals surface area contributed by atoms with Gasteiger partial charge in [-0.25, -0.2) is 0 Å². The van der Waals surface area contributed by atoms with Crippen LogP contribution in [-0.4, -0.2) is 18.4 Å². The molecule has 22 heavy (non-hydrogen) atoms. The van der Waals surface area contributed by atoms with E-state index in [1.165, 1.54) is 11.1 Å². The van der Waals surface area contributed by atoms with Crippen LogP contribution in [0.2, 0.25) is 0 Å². The molecule has 0 saturated heterocycles. The van der Waals surface area contributed by atoms with Crippen LogP contribution >= 0.6 is 0 Å². The molecule has 0 fully saturated rings. The monoisotopic (exact) mass is 316 g/mol.